The molecule has 0 bridgehead atoms. The van der Waals surface area contributed by atoms with E-state index >= 15 is 0 Å². The van der Waals surface area contributed by atoms with Crippen molar-refractivity contribution >= 4 is 43.5 Å². The van der Waals surface area contributed by atoms with Crippen molar-refractivity contribution < 1.29 is 11.3 Å². The lowest BCUT2D eigenvalue weighted by Gasteiger charge is -2.21. The lowest BCUT2D eigenvalue weighted by Crippen LogP contribution is -1.94. The van der Waals surface area contributed by atoms with E-state index in [9.17, 15) is 0 Å². The fourth-order valence-corrected chi connectivity index (χ4v) is 6.93. The molecule has 210 valence electrons. The number of fused-ring (bicyclic) bond motifs is 5. The Balaban J connectivity index is 1.50. The number of hydrogen-bond acceptors (Lipinski definition) is 1. The van der Waals surface area contributed by atoms with E-state index in [-0.39, 0.29) is 29.7 Å². The Labute approximate surface area is 268 Å². The Morgan fingerprint density at radius 3 is 1.60 bits per heavy atom. The first-order valence-electron chi connectivity index (χ1n) is 17.5. The monoisotopic (exact) mass is 577 g/mol. The molecule has 0 saturated carbocycles. The zero-order valence-electron chi connectivity index (χ0n) is 29.2. The van der Waals surface area contributed by atoms with Crippen molar-refractivity contribution in [2.45, 2.75) is 0 Å². The first-order chi connectivity index (χ1) is 24.4. The van der Waals surface area contributed by atoms with Gasteiger partial charge in [-0.15, -0.1) is 0 Å². The van der Waals surface area contributed by atoms with Gasteiger partial charge in [0.2, 0.25) is 0 Å². The molecule has 45 heavy (non-hydrogen) atoms. The fraction of sp³-hybridized carbons (Fsp3) is 0. The standard InChI is InChI=1S/C44H28O/c1-3-15-29(16-4-1)31-19-7-8-20-33(31)41-34-21-9-11-23-36(34)42(37-24-12-10-22-35(37)41)44-32(30-17-5-2-6-18-30)27-28-40-43(44)38-25-13-14-26-39(38)45-40/h1-28H/i2D,5D,6D,17D,18D. The maximum absolute atomic E-state index is 9.05. The van der Waals surface area contributed by atoms with Crippen LogP contribution in [0, 0.1) is 0 Å². The van der Waals surface area contributed by atoms with Gasteiger partial charge in [0.25, 0.3) is 0 Å². The number of furan rings is 1. The highest BCUT2D eigenvalue weighted by molar-refractivity contribution is 6.28. The average Bonchev–Trinajstić information content (AvgIpc) is 3.55. The summed E-state index contributed by atoms with van der Waals surface area (Å²) in [5.74, 6) is 0. The zero-order chi connectivity index (χ0) is 34.1. The maximum Gasteiger partial charge on any atom is 0.136 e. The summed E-state index contributed by atoms with van der Waals surface area (Å²) in [5, 5.41) is 5.77. The molecule has 0 N–H and O–H groups in total. The van der Waals surface area contributed by atoms with Crippen molar-refractivity contribution in [1.82, 2.24) is 0 Å². The molecule has 0 unspecified atom stereocenters. The summed E-state index contributed by atoms with van der Waals surface area (Å²) in [6.45, 7) is 0. The minimum atomic E-state index is -0.419. The Kier molecular flexibility index (Phi) is 4.81. The van der Waals surface area contributed by atoms with Gasteiger partial charge in [-0.25, -0.2) is 0 Å². The zero-order valence-corrected chi connectivity index (χ0v) is 24.2. The first kappa shape index (κ1) is 20.9. The number of benzene rings is 8. The van der Waals surface area contributed by atoms with E-state index in [1.165, 1.54) is 0 Å². The van der Waals surface area contributed by atoms with Gasteiger partial charge in [-0.05, 0) is 72.6 Å². The van der Waals surface area contributed by atoms with E-state index in [0.717, 1.165) is 65.7 Å². The van der Waals surface area contributed by atoms with Crippen molar-refractivity contribution in [1.29, 1.82) is 0 Å². The first-order valence-corrected chi connectivity index (χ1v) is 15.0. The molecule has 1 nitrogen and oxygen atoms in total. The van der Waals surface area contributed by atoms with E-state index in [1.54, 1.807) is 0 Å². The van der Waals surface area contributed by atoms with Crippen LogP contribution in [0.5, 0.6) is 0 Å². The molecule has 1 aromatic heterocycles. The third-order valence-corrected chi connectivity index (χ3v) is 8.78. The average molecular weight is 578 g/mol. The van der Waals surface area contributed by atoms with Crippen molar-refractivity contribution in [2.75, 3.05) is 0 Å². The fourth-order valence-electron chi connectivity index (χ4n) is 6.93. The van der Waals surface area contributed by atoms with Crippen molar-refractivity contribution in [3.8, 4) is 44.5 Å². The van der Waals surface area contributed by atoms with Gasteiger partial charge >= 0.3 is 0 Å². The molecular weight excluding hydrogens is 544 g/mol. The topological polar surface area (TPSA) is 13.1 Å². The highest BCUT2D eigenvalue weighted by atomic mass is 16.3. The van der Waals surface area contributed by atoms with Crippen LogP contribution in [0.1, 0.15) is 6.85 Å². The van der Waals surface area contributed by atoms with E-state index in [0.29, 0.717) is 16.7 Å². The van der Waals surface area contributed by atoms with Gasteiger partial charge in [0, 0.05) is 16.3 Å². The summed E-state index contributed by atoms with van der Waals surface area (Å²) in [6, 6.07) is 45.5. The van der Waals surface area contributed by atoms with Crippen molar-refractivity contribution in [2.24, 2.45) is 0 Å². The van der Waals surface area contributed by atoms with E-state index in [2.05, 4.69) is 84.9 Å². The lowest BCUT2D eigenvalue weighted by atomic mass is 9.81. The summed E-state index contributed by atoms with van der Waals surface area (Å²) in [5.41, 5.74) is 8.21. The van der Waals surface area contributed by atoms with Crippen LogP contribution >= 0.6 is 0 Å². The van der Waals surface area contributed by atoms with E-state index in [1.807, 2.05) is 54.6 Å². The molecule has 0 saturated heterocycles. The normalized spacial score (nSPS) is 13.1. The van der Waals surface area contributed by atoms with Gasteiger partial charge in [-0.3, -0.25) is 0 Å². The quantitative estimate of drug-likeness (QED) is 0.190. The summed E-state index contributed by atoms with van der Waals surface area (Å²) < 4.78 is 50.0. The van der Waals surface area contributed by atoms with E-state index < -0.39 is 6.04 Å². The predicted molar refractivity (Wildman–Crippen MR) is 190 cm³/mol. The molecule has 8 aromatic carbocycles. The molecule has 0 fully saturated rings. The maximum atomic E-state index is 9.05. The highest BCUT2D eigenvalue weighted by Gasteiger charge is 2.24. The predicted octanol–water partition coefficient (Wildman–Crippen LogP) is 12.6. The molecule has 0 aliphatic rings. The minimum absolute atomic E-state index is 0.157. The van der Waals surface area contributed by atoms with Crippen LogP contribution in [-0.4, -0.2) is 0 Å². The third kappa shape index (κ3) is 4.02. The molecule has 0 aliphatic heterocycles. The summed E-state index contributed by atoms with van der Waals surface area (Å²) in [7, 11) is 0. The van der Waals surface area contributed by atoms with Gasteiger partial charge in [0.15, 0.2) is 0 Å². The van der Waals surface area contributed by atoms with Gasteiger partial charge in [-0.2, -0.15) is 0 Å². The largest absolute Gasteiger partial charge is 0.456 e. The lowest BCUT2D eigenvalue weighted by molar-refractivity contribution is 0.669. The minimum Gasteiger partial charge on any atom is -0.456 e. The van der Waals surface area contributed by atoms with Crippen molar-refractivity contribution in [3.63, 3.8) is 0 Å². The van der Waals surface area contributed by atoms with Crippen LogP contribution in [-0.2, 0) is 0 Å². The molecule has 1 heteroatoms. The van der Waals surface area contributed by atoms with Crippen LogP contribution < -0.4 is 0 Å². The molecule has 0 aliphatic carbocycles. The second-order valence-electron chi connectivity index (χ2n) is 11.2. The molecule has 0 spiro atoms. The van der Waals surface area contributed by atoms with Crippen LogP contribution in [0.3, 0.4) is 0 Å². The Morgan fingerprint density at radius 2 is 0.911 bits per heavy atom. The Morgan fingerprint density at radius 1 is 0.356 bits per heavy atom. The highest BCUT2D eigenvalue weighted by Crippen LogP contribution is 2.50. The molecule has 9 rings (SSSR count). The van der Waals surface area contributed by atoms with Crippen LogP contribution in [0.2, 0.25) is 0 Å². The molecule has 0 radical (unpaired) electrons. The van der Waals surface area contributed by atoms with Gasteiger partial charge in [0.1, 0.15) is 11.2 Å². The third-order valence-electron chi connectivity index (χ3n) is 8.78. The smallest absolute Gasteiger partial charge is 0.136 e. The molecule has 0 amide bonds. The second-order valence-corrected chi connectivity index (χ2v) is 11.2. The van der Waals surface area contributed by atoms with Crippen LogP contribution in [0.25, 0.3) is 88.0 Å². The molecular formula is C44H28O. The van der Waals surface area contributed by atoms with Crippen LogP contribution in [0.15, 0.2) is 174 Å². The summed E-state index contributed by atoms with van der Waals surface area (Å²) in [6.07, 6.45) is 0. The number of para-hydroxylation sites is 1. The van der Waals surface area contributed by atoms with Gasteiger partial charge in [-0.1, -0.05) is 158 Å². The second kappa shape index (κ2) is 10.4. The molecule has 0 atom stereocenters. The van der Waals surface area contributed by atoms with E-state index in [4.69, 9.17) is 11.3 Å². The summed E-state index contributed by atoms with van der Waals surface area (Å²) >= 11 is 0. The SMILES string of the molecule is [2H]c1c([2H])c([2H])c(-c2ccc3oc4ccccc4c3c2-c2c3ccccc3c(-c3ccccc3-c3ccccc3)c3ccccc23)c([2H])c1[2H]. The van der Waals surface area contributed by atoms with Gasteiger partial charge in [0.05, 0.1) is 6.85 Å². The van der Waals surface area contributed by atoms with Gasteiger partial charge < -0.3 is 4.42 Å². The molecule has 9 aromatic rings. The number of hydrogen-bond donors (Lipinski definition) is 0. The van der Waals surface area contributed by atoms with Crippen LogP contribution in [0.4, 0.5) is 0 Å². The number of rotatable bonds is 4. The Hall–Kier alpha value is -5.92. The van der Waals surface area contributed by atoms with Crippen molar-refractivity contribution in [3.05, 3.63) is 170 Å². The summed E-state index contributed by atoms with van der Waals surface area (Å²) in [4.78, 5) is 0. The Bertz CT molecular complexity index is 2730. The molecule has 1 heterocycles.